The number of piperidine rings is 1. The molecule has 1 aliphatic carbocycles. The van der Waals surface area contributed by atoms with E-state index in [0.717, 1.165) is 49.4 Å². The Balaban J connectivity index is 1.38. The lowest BCUT2D eigenvalue weighted by Gasteiger charge is -2.46. The minimum Gasteiger partial charge on any atom is -0.394 e. The Morgan fingerprint density at radius 3 is 2.57 bits per heavy atom. The summed E-state index contributed by atoms with van der Waals surface area (Å²) < 4.78 is 0. The molecule has 2 fully saturated rings. The Morgan fingerprint density at radius 1 is 1.13 bits per heavy atom. The number of likely N-dealkylation sites (N-methyl/N-ethyl adjacent to an activating group) is 1. The van der Waals surface area contributed by atoms with Crippen molar-refractivity contribution in [3.05, 3.63) is 42.0 Å². The molecule has 0 unspecified atom stereocenters. The molecule has 0 bridgehead atoms. The maximum absolute atomic E-state index is 10.1. The van der Waals surface area contributed by atoms with E-state index in [0.29, 0.717) is 6.04 Å². The predicted molar refractivity (Wildman–Crippen MR) is 124 cm³/mol. The van der Waals surface area contributed by atoms with Gasteiger partial charge in [-0.1, -0.05) is 43.2 Å². The van der Waals surface area contributed by atoms with Crippen LogP contribution < -0.4 is 4.90 Å². The average molecular weight is 423 g/mol. The number of hydrogen-bond acceptors (Lipinski definition) is 6. The molecule has 0 spiro atoms. The van der Waals surface area contributed by atoms with E-state index in [1.807, 2.05) is 0 Å². The topological polar surface area (TPSA) is 52.5 Å². The van der Waals surface area contributed by atoms with Crippen molar-refractivity contribution in [1.29, 1.82) is 0 Å². The molecule has 3 heterocycles. The molecule has 1 aliphatic heterocycles. The van der Waals surface area contributed by atoms with Gasteiger partial charge in [-0.3, -0.25) is 4.90 Å². The Morgan fingerprint density at radius 2 is 1.87 bits per heavy atom. The van der Waals surface area contributed by atoms with E-state index >= 15 is 0 Å². The van der Waals surface area contributed by atoms with Crippen molar-refractivity contribution in [2.45, 2.75) is 50.1 Å². The van der Waals surface area contributed by atoms with Crippen molar-refractivity contribution in [1.82, 2.24) is 14.9 Å². The summed E-state index contributed by atoms with van der Waals surface area (Å²) in [6.07, 6.45) is 8.65. The van der Waals surface area contributed by atoms with Gasteiger partial charge in [0.1, 0.15) is 17.0 Å². The normalized spacial score (nSPS) is 19.8. The molecule has 30 heavy (non-hydrogen) atoms. The number of hydrogen-bond donors (Lipinski definition) is 1. The summed E-state index contributed by atoms with van der Waals surface area (Å²) >= 11 is 1.70. The highest BCUT2D eigenvalue weighted by Crippen LogP contribution is 2.40. The number of aliphatic hydroxyl groups excluding tert-OH is 1. The Bertz CT molecular complexity index is 991. The summed E-state index contributed by atoms with van der Waals surface area (Å²) in [6.45, 7) is 2.27. The number of fused-ring (bicyclic) bond motifs is 1. The lowest BCUT2D eigenvalue weighted by atomic mass is 9.91. The van der Waals surface area contributed by atoms with Crippen molar-refractivity contribution < 1.29 is 5.11 Å². The first-order valence-corrected chi connectivity index (χ1v) is 12.0. The molecule has 1 saturated carbocycles. The van der Waals surface area contributed by atoms with Crippen LogP contribution in [-0.4, -0.2) is 58.3 Å². The highest BCUT2D eigenvalue weighted by atomic mass is 32.1. The van der Waals surface area contributed by atoms with E-state index in [-0.39, 0.29) is 12.1 Å². The number of aliphatic hydroxyl groups is 1. The molecule has 2 aliphatic rings. The van der Waals surface area contributed by atoms with E-state index < -0.39 is 0 Å². The molecule has 3 aromatic rings. The van der Waals surface area contributed by atoms with Crippen LogP contribution >= 0.6 is 11.3 Å². The first kappa shape index (κ1) is 19.9. The Labute approximate surface area is 182 Å². The van der Waals surface area contributed by atoms with Crippen LogP contribution in [0.4, 0.5) is 5.82 Å². The van der Waals surface area contributed by atoms with E-state index in [9.17, 15) is 5.11 Å². The molecular weight excluding hydrogens is 392 g/mol. The monoisotopic (exact) mass is 422 g/mol. The van der Waals surface area contributed by atoms with Crippen LogP contribution in [0, 0.1) is 0 Å². The van der Waals surface area contributed by atoms with E-state index in [2.05, 4.69) is 57.5 Å². The Hall–Kier alpha value is -2.02. The number of anilines is 1. The molecule has 0 radical (unpaired) electrons. The maximum Gasteiger partial charge on any atom is 0.141 e. The molecule has 0 amide bonds. The summed E-state index contributed by atoms with van der Waals surface area (Å²) in [5, 5.41) is 13.5. The smallest absolute Gasteiger partial charge is 0.141 e. The van der Waals surface area contributed by atoms with Crippen molar-refractivity contribution in [2.75, 3.05) is 31.6 Å². The van der Waals surface area contributed by atoms with Crippen LogP contribution in [0.1, 0.15) is 38.5 Å². The van der Waals surface area contributed by atoms with Gasteiger partial charge in [0.05, 0.1) is 12.0 Å². The number of nitrogens with zero attached hydrogens (tertiary/aromatic N) is 4. The lowest BCUT2D eigenvalue weighted by Crippen LogP contribution is -2.55. The first-order valence-electron chi connectivity index (χ1n) is 11.1. The van der Waals surface area contributed by atoms with Gasteiger partial charge in [0.15, 0.2) is 0 Å². The second-order valence-electron chi connectivity index (χ2n) is 8.81. The van der Waals surface area contributed by atoms with Crippen molar-refractivity contribution in [3.63, 3.8) is 0 Å². The van der Waals surface area contributed by atoms with E-state index in [1.165, 1.54) is 29.4 Å². The van der Waals surface area contributed by atoms with Gasteiger partial charge < -0.3 is 10.0 Å². The molecule has 1 N–H and O–H groups in total. The molecule has 2 aromatic heterocycles. The van der Waals surface area contributed by atoms with Gasteiger partial charge in [-0.25, -0.2) is 9.97 Å². The van der Waals surface area contributed by atoms with Crippen LogP contribution in [0.3, 0.4) is 0 Å². The molecule has 5 rings (SSSR count). The summed E-state index contributed by atoms with van der Waals surface area (Å²) in [7, 11) is 2.23. The van der Waals surface area contributed by atoms with Crippen LogP contribution in [0.15, 0.2) is 42.0 Å². The third-order valence-electron chi connectivity index (χ3n) is 7.32. The quantitative estimate of drug-likeness (QED) is 0.653. The highest BCUT2D eigenvalue weighted by Gasteiger charge is 2.41. The molecule has 1 aromatic carbocycles. The third kappa shape index (κ3) is 3.41. The van der Waals surface area contributed by atoms with Gasteiger partial charge in [-0.05, 0) is 38.3 Å². The minimum atomic E-state index is 0.00283. The van der Waals surface area contributed by atoms with Gasteiger partial charge in [0.2, 0.25) is 0 Å². The van der Waals surface area contributed by atoms with Gasteiger partial charge in [0, 0.05) is 35.6 Å². The number of aromatic nitrogens is 2. The minimum absolute atomic E-state index is 0.00283. The van der Waals surface area contributed by atoms with Gasteiger partial charge >= 0.3 is 0 Å². The van der Waals surface area contributed by atoms with Gasteiger partial charge in [0.25, 0.3) is 0 Å². The van der Waals surface area contributed by atoms with E-state index in [4.69, 9.17) is 4.98 Å². The van der Waals surface area contributed by atoms with Crippen molar-refractivity contribution in [3.8, 4) is 11.1 Å². The zero-order valence-electron chi connectivity index (χ0n) is 17.6. The second-order valence-corrected chi connectivity index (χ2v) is 9.67. The second kappa shape index (κ2) is 8.25. The van der Waals surface area contributed by atoms with Crippen molar-refractivity contribution >= 4 is 27.4 Å². The largest absolute Gasteiger partial charge is 0.394 e. The molecule has 0 atom stereocenters. The highest BCUT2D eigenvalue weighted by molar-refractivity contribution is 7.17. The standard InChI is InChI=1S/C24H30N4OS/c1-27(24(16-29)11-5-6-12-24)19-9-13-28(14-10-19)22-21-20(18-7-3-2-4-8-18)15-30-23(21)26-17-25-22/h2-4,7-8,15,17,19,29H,5-6,9-14,16H2,1H3. The fourth-order valence-electron chi connectivity index (χ4n) is 5.44. The fourth-order valence-corrected chi connectivity index (χ4v) is 6.35. The predicted octanol–water partition coefficient (Wildman–Crippen LogP) is 4.56. The van der Waals surface area contributed by atoms with Crippen LogP contribution in [0.25, 0.3) is 21.3 Å². The van der Waals surface area contributed by atoms with Gasteiger partial charge in [-0.15, -0.1) is 11.3 Å². The fraction of sp³-hybridized carbons (Fsp3) is 0.500. The summed E-state index contributed by atoms with van der Waals surface area (Å²) in [5.74, 6) is 1.07. The van der Waals surface area contributed by atoms with Crippen LogP contribution in [0.5, 0.6) is 0 Å². The van der Waals surface area contributed by atoms with Crippen molar-refractivity contribution in [2.24, 2.45) is 0 Å². The number of thiophene rings is 1. The van der Waals surface area contributed by atoms with E-state index in [1.54, 1.807) is 17.7 Å². The summed E-state index contributed by atoms with van der Waals surface area (Å²) in [6, 6.07) is 11.1. The molecule has 158 valence electrons. The van der Waals surface area contributed by atoms with Crippen LogP contribution in [0.2, 0.25) is 0 Å². The Kier molecular flexibility index (Phi) is 5.48. The summed E-state index contributed by atoms with van der Waals surface area (Å²) in [4.78, 5) is 15.3. The zero-order valence-corrected chi connectivity index (χ0v) is 18.4. The maximum atomic E-state index is 10.1. The molecule has 5 nitrogen and oxygen atoms in total. The van der Waals surface area contributed by atoms with Gasteiger partial charge in [-0.2, -0.15) is 0 Å². The molecule has 1 saturated heterocycles. The third-order valence-corrected chi connectivity index (χ3v) is 8.21. The molecular formula is C24H30N4OS. The lowest BCUT2D eigenvalue weighted by molar-refractivity contribution is 0.0149. The first-order chi connectivity index (χ1) is 14.7. The number of rotatable bonds is 5. The number of benzene rings is 1. The zero-order chi connectivity index (χ0) is 20.6. The average Bonchev–Trinajstić information content (AvgIpc) is 3.47. The van der Waals surface area contributed by atoms with Crippen LogP contribution in [-0.2, 0) is 0 Å². The summed E-state index contributed by atoms with van der Waals surface area (Å²) in [5.41, 5.74) is 2.46. The molecule has 6 heteroatoms. The SMILES string of the molecule is CN(C1CCN(c2ncnc3scc(-c4ccccc4)c23)CC1)C1(CO)CCCC1.